The van der Waals surface area contributed by atoms with E-state index in [1.807, 2.05) is 0 Å². The van der Waals surface area contributed by atoms with E-state index in [-0.39, 0.29) is 30.4 Å². The van der Waals surface area contributed by atoms with Gasteiger partial charge in [0.25, 0.3) is 0 Å². The largest absolute Gasteiger partial charge is 0.381 e. The van der Waals surface area contributed by atoms with Gasteiger partial charge in [-0.15, -0.1) is 0 Å². The zero-order valence-corrected chi connectivity index (χ0v) is 16.8. The molecule has 0 bridgehead atoms. The smallest absolute Gasteiger partial charge is 0.240 e. The Bertz CT molecular complexity index is 1060. The molecular weight excluding hydrogens is 385 g/mol. The van der Waals surface area contributed by atoms with Crippen molar-refractivity contribution in [3.8, 4) is 0 Å². The maximum absolute atomic E-state index is 13.2. The predicted octanol–water partition coefficient (Wildman–Crippen LogP) is 3.48. The van der Waals surface area contributed by atoms with Crippen molar-refractivity contribution in [2.75, 3.05) is 7.11 Å². The summed E-state index contributed by atoms with van der Waals surface area (Å²) in [4.78, 5) is 29.8. The van der Waals surface area contributed by atoms with Gasteiger partial charge in [0.05, 0.1) is 17.8 Å². The Morgan fingerprint density at radius 2 is 2.03 bits per heavy atom. The number of ether oxygens (including phenoxy) is 1. The lowest BCUT2D eigenvalue weighted by molar-refractivity contribution is -0.122. The number of halogens is 1. The number of hydrogen-bond acceptors (Lipinski definition) is 4. The van der Waals surface area contributed by atoms with Crippen LogP contribution >= 0.6 is 0 Å². The molecule has 1 N–H and O–H groups in total. The first-order valence-electron chi connectivity index (χ1n) is 10.1. The third-order valence-corrected chi connectivity index (χ3v) is 5.67. The van der Waals surface area contributed by atoms with E-state index in [1.165, 1.54) is 24.3 Å². The number of rotatable bonds is 6. The molecule has 0 unspecified atom stereocenters. The number of benzene rings is 1. The van der Waals surface area contributed by atoms with Crippen LogP contribution in [-0.4, -0.2) is 40.5 Å². The van der Waals surface area contributed by atoms with Crippen LogP contribution in [0.25, 0.3) is 10.9 Å². The fraction of sp³-hybridized carbons (Fsp3) is 0.348. The molecule has 3 aromatic rings. The van der Waals surface area contributed by atoms with Gasteiger partial charge in [0.2, 0.25) is 5.91 Å². The monoisotopic (exact) mass is 409 g/mol. The van der Waals surface area contributed by atoms with Gasteiger partial charge in [-0.3, -0.25) is 14.6 Å². The zero-order valence-electron chi connectivity index (χ0n) is 16.8. The number of nitrogens with one attached hydrogen (secondary N) is 1. The number of carbonyl (C=O) groups is 2. The summed E-state index contributed by atoms with van der Waals surface area (Å²) in [7, 11) is 1.70. The minimum Gasteiger partial charge on any atom is -0.381 e. The topological polar surface area (TPSA) is 73.2 Å². The molecule has 6 nitrogen and oxygen atoms in total. The van der Waals surface area contributed by atoms with Crippen LogP contribution in [0.4, 0.5) is 4.39 Å². The summed E-state index contributed by atoms with van der Waals surface area (Å²) < 4.78 is 20.4. The van der Waals surface area contributed by atoms with E-state index in [0.717, 1.165) is 25.7 Å². The molecule has 0 radical (unpaired) electrons. The van der Waals surface area contributed by atoms with Crippen LogP contribution in [-0.2, 0) is 16.1 Å². The normalized spacial score (nSPS) is 19.0. The lowest BCUT2D eigenvalue weighted by Gasteiger charge is -2.28. The lowest BCUT2D eigenvalue weighted by Crippen LogP contribution is -2.41. The Balaban J connectivity index is 1.55. The quantitative estimate of drug-likeness (QED) is 0.633. The number of nitrogens with zero attached hydrogens (tertiary/aromatic N) is 2. The number of fused-ring (bicyclic) bond motifs is 1. The van der Waals surface area contributed by atoms with Crippen molar-refractivity contribution in [2.45, 2.75) is 44.4 Å². The third kappa shape index (κ3) is 4.26. The average molecular weight is 409 g/mol. The van der Waals surface area contributed by atoms with E-state index in [2.05, 4.69) is 10.3 Å². The van der Waals surface area contributed by atoms with Gasteiger partial charge in [-0.1, -0.05) is 0 Å². The molecule has 0 aliphatic heterocycles. The summed E-state index contributed by atoms with van der Waals surface area (Å²) in [5.74, 6) is -0.730. The molecule has 2 heterocycles. The zero-order chi connectivity index (χ0) is 21.1. The van der Waals surface area contributed by atoms with E-state index < -0.39 is 5.82 Å². The van der Waals surface area contributed by atoms with Gasteiger partial charge in [0.1, 0.15) is 12.4 Å². The van der Waals surface area contributed by atoms with Gasteiger partial charge in [-0.25, -0.2) is 4.39 Å². The summed E-state index contributed by atoms with van der Waals surface area (Å²) in [6.07, 6.45) is 8.91. The van der Waals surface area contributed by atoms with Crippen LogP contribution in [0.1, 0.15) is 41.6 Å². The fourth-order valence-electron chi connectivity index (χ4n) is 4.12. The Labute approximate surface area is 174 Å². The van der Waals surface area contributed by atoms with Gasteiger partial charge in [0, 0.05) is 42.1 Å². The molecule has 7 heteroatoms. The SMILES string of the molecule is CO[C@@H]1CCC[C@H](NC(=O)Cn2cc(C(=O)c3ccc(F)cc3)c3ccncc32)C1. The van der Waals surface area contributed by atoms with Crippen molar-refractivity contribution >= 4 is 22.6 Å². The molecule has 2 aromatic heterocycles. The number of pyridine rings is 1. The molecular formula is C23H24FN3O3. The van der Waals surface area contributed by atoms with E-state index in [1.54, 1.807) is 36.3 Å². The number of ketones is 1. The molecule has 1 amide bonds. The highest BCUT2D eigenvalue weighted by Crippen LogP contribution is 2.24. The van der Waals surface area contributed by atoms with Crippen molar-refractivity contribution in [1.29, 1.82) is 0 Å². The molecule has 1 aliphatic carbocycles. The molecule has 4 rings (SSSR count). The van der Waals surface area contributed by atoms with E-state index in [4.69, 9.17) is 4.74 Å². The average Bonchev–Trinajstić information content (AvgIpc) is 3.12. The van der Waals surface area contributed by atoms with Crippen LogP contribution in [0.5, 0.6) is 0 Å². The Morgan fingerprint density at radius 3 is 2.80 bits per heavy atom. The Kier molecular flexibility index (Phi) is 5.90. The van der Waals surface area contributed by atoms with Crippen molar-refractivity contribution in [2.24, 2.45) is 0 Å². The van der Waals surface area contributed by atoms with Crippen molar-refractivity contribution in [3.05, 3.63) is 65.9 Å². The number of carbonyl (C=O) groups excluding carboxylic acids is 2. The second-order valence-corrected chi connectivity index (χ2v) is 7.69. The van der Waals surface area contributed by atoms with Gasteiger partial charge in [-0.2, -0.15) is 0 Å². The Morgan fingerprint density at radius 1 is 1.23 bits per heavy atom. The Hall–Kier alpha value is -3.06. The number of hydrogen-bond donors (Lipinski definition) is 1. The van der Waals surface area contributed by atoms with Crippen LogP contribution in [0, 0.1) is 5.82 Å². The first-order valence-corrected chi connectivity index (χ1v) is 10.1. The standard InChI is InChI=1S/C23H24FN3O3/c1-30-18-4-2-3-17(11-18)26-22(28)14-27-13-20(19-9-10-25-12-21(19)27)23(29)15-5-7-16(24)8-6-15/h5-10,12-13,17-18H,2-4,11,14H2,1H3,(H,26,28)/t17-,18+/m0/s1. The molecule has 1 aromatic carbocycles. The summed E-state index contributed by atoms with van der Waals surface area (Å²) in [6.45, 7) is 0.0903. The first kappa shape index (κ1) is 20.2. The van der Waals surface area contributed by atoms with Crippen LogP contribution in [0.15, 0.2) is 48.9 Å². The van der Waals surface area contributed by atoms with Gasteiger partial charge < -0.3 is 14.6 Å². The minimum atomic E-state index is -0.395. The molecule has 156 valence electrons. The molecule has 0 saturated heterocycles. The lowest BCUT2D eigenvalue weighted by atomic mass is 9.93. The summed E-state index contributed by atoms with van der Waals surface area (Å²) in [6, 6.07) is 7.30. The van der Waals surface area contributed by atoms with E-state index >= 15 is 0 Å². The molecule has 0 spiro atoms. The van der Waals surface area contributed by atoms with Crippen molar-refractivity contribution < 1.29 is 18.7 Å². The van der Waals surface area contributed by atoms with Crippen LogP contribution < -0.4 is 5.32 Å². The predicted molar refractivity (Wildman–Crippen MR) is 111 cm³/mol. The van der Waals surface area contributed by atoms with E-state index in [9.17, 15) is 14.0 Å². The number of amides is 1. The third-order valence-electron chi connectivity index (χ3n) is 5.67. The van der Waals surface area contributed by atoms with Gasteiger partial charge in [0.15, 0.2) is 5.78 Å². The second-order valence-electron chi connectivity index (χ2n) is 7.69. The van der Waals surface area contributed by atoms with Crippen LogP contribution in [0.3, 0.4) is 0 Å². The first-order chi connectivity index (χ1) is 14.5. The maximum Gasteiger partial charge on any atom is 0.240 e. The summed E-state index contributed by atoms with van der Waals surface area (Å²) in [5.41, 5.74) is 1.56. The fourth-order valence-corrected chi connectivity index (χ4v) is 4.12. The van der Waals surface area contributed by atoms with Gasteiger partial charge >= 0.3 is 0 Å². The van der Waals surface area contributed by atoms with Crippen molar-refractivity contribution in [3.63, 3.8) is 0 Å². The second kappa shape index (κ2) is 8.75. The molecule has 1 saturated carbocycles. The minimum absolute atomic E-state index is 0.0903. The van der Waals surface area contributed by atoms with Gasteiger partial charge in [-0.05, 0) is 56.0 Å². The molecule has 2 atom stereocenters. The molecule has 1 aliphatic rings. The van der Waals surface area contributed by atoms with E-state index in [0.29, 0.717) is 22.0 Å². The summed E-state index contributed by atoms with van der Waals surface area (Å²) >= 11 is 0. The maximum atomic E-state index is 13.2. The highest BCUT2D eigenvalue weighted by Gasteiger charge is 2.24. The van der Waals surface area contributed by atoms with Crippen LogP contribution in [0.2, 0.25) is 0 Å². The highest BCUT2D eigenvalue weighted by atomic mass is 19.1. The molecule has 1 fully saturated rings. The van der Waals surface area contributed by atoms with Crippen molar-refractivity contribution in [1.82, 2.24) is 14.9 Å². The number of aromatic nitrogens is 2. The summed E-state index contributed by atoms with van der Waals surface area (Å²) in [5, 5.41) is 3.80. The number of methoxy groups -OCH3 is 1. The highest BCUT2D eigenvalue weighted by molar-refractivity contribution is 6.16. The molecule has 30 heavy (non-hydrogen) atoms.